The summed E-state index contributed by atoms with van der Waals surface area (Å²) in [5.74, 6) is 1.35. The second kappa shape index (κ2) is 6.83. The third-order valence-corrected chi connectivity index (χ3v) is 4.40. The SMILES string of the molecule is COc1cccc(C(O)(c2cccc(OC)c2)C(N)C(C)(C)C)c1. The predicted molar refractivity (Wildman–Crippen MR) is 96.4 cm³/mol. The molecule has 0 aliphatic heterocycles. The lowest BCUT2D eigenvalue weighted by Gasteiger charge is -2.42. The van der Waals surface area contributed by atoms with Crippen molar-refractivity contribution in [2.75, 3.05) is 14.2 Å². The van der Waals surface area contributed by atoms with Gasteiger partial charge >= 0.3 is 0 Å². The van der Waals surface area contributed by atoms with E-state index in [9.17, 15) is 5.11 Å². The van der Waals surface area contributed by atoms with Gasteiger partial charge in [0.05, 0.1) is 14.2 Å². The van der Waals surface area contributed by atoms with Crippen molar-refractivity contribution in [1.82, 2.24) is 0 Å². The van der Waals surface area contributed by atoms with E-state index in [1.54, 1.807) is 14.2 Å². The van der Waals surface area contributed by atoms with Gasteiger partial charge in [0, 0.05) is 6.04 Å². The largest absolute Gasteiger partial charge is 0.497 e. The molecule has 0 saturated carbocycles. The second-order valence-corrected chi connectivity index (χ2v) is 7.07. The van der Waals surface area contributed by atoms with Crippen molar-refractivity contribution in [3.8, 4) is 11.5 Å². The van der Waals surface area contributed by atoms with E-state index in [2.05, 4.69) is 0 Å². The maximum atomic E-state index is 11.8. The van der Waals surface area contributed by atoms with Gasteiger partial charge in [-0.1, -0.05) is 45.0 Å². The Labute approximate surface area is 144 Å². The van der Waals surface area contributed by atoms with Gasteiger partial charge in [-0.05, 0) is 40.8 Å². The zero-order valence-electron chi connectivity index (χ0n) is 15.0. The molecule has 24 heavy (non-hydrogen) atoms. The summed E-state index contributed by atoms with van der Waals surface area (Å²) in [5.41, 5.74) is 6.24. The first kappa shape index (κ1) is 18.3. The van der Waals surface area contributed by atoms with Gasteiger partial charge in [-0.25, -0.2) is 0 Å². The van der Waals surface area contributed by atoms with Gasteiger partial charge in [-0.15, -0.1) is 0 Å². The summed E-state index contributed by atoms with van der Waals surface area (Å²) in [5, 5.41) is 11.8. The molecule has 0 saturated heterocycles. The van der Waals surface area contributed by atoms with E-state index >= 15 is 0 Å². The average Bonchev–Trinajstić information content (AvgIpc) is 2.59. The molecule has 2 aromatic rings. The van der Waals surface area contributed by atoms with E-state index < -0.39 is 11.6 Å². The van der Waals surface area contributed by atoms with Crippen LogP contribution in [0.15, 0.2) is 48.5 Å². The number of nitrogens with two attached hydrogens (primary N) is 1. The zero-order valence-corrected chi connectivity index (χ0v) is 15.0. The highest BCUT2D eigenvalue weighted by molar-refractivity contribution is 5.44. The first-order valence-electron chi connectivity index (χ1n) is 8.00. The molecular formula is C20H27NO3. The number of rotatable bonds is 5. The van der Waals surface area contributed by atoms with Crippen LogP contribution in [0.2, 0.25) is 0 Å². The number of aliphatic hydroxyl groups is 1. The molecule has 2 aromatic carbocycles. The van der Waals surface area contributed by atoms with E-state index in [0.717, 1.165) is 0 Å². The molecule has 0 spiro atoms. The minimum atomic E-state index is -1.37. The van der Waals surface area contributed by atoms with Gasteiger partial charge < -0.3 is 20.3 Å². The Morgan fingerprint density at radius 1 is 0.875 bits per heavy atom. The summed E-state index contributed by atoms with van der Waals surface area (Å²) in [6.07, 6.45) is 0. The molecule has 4 heteroatoms. The number of ether oxygens (including phenoxy) is 2. The highest BCUT2D eigenvalue weighted by Crippen LogP contribution is 2.41. The van der Waals surface area contributed by atoms with Crippen LogP contribution in [0.4, 0.5) is 0 Å². The molecule has 1 atom stereocenters. The van der Waals surface area contributed by atoms with Crippen LogP contribution in [0, 0.1) is 5.41 Å². The molecule has 0 fully saturated rings. The molecule has 4 nitrogen and oxygen atoms in total. The normalized spacial score (nSPS) is 13.5. The lowest BCUT2D eigenvalue weighted by molar-refractivity contribution is 0.0108. The van der Waals surface area contributed by atoms with Crippen LogP contribution in [-0.4, -0.2) is 25.4 Å². The molecule has 0 aliphatic carbocycles. The number of hydrogen-bond acceptors (Lipinski definition) is 4. The van der Waals surface area contributed by atoms with Crippen LogP contribution in [0.5, 0.6) is 11.5 Å². The Morgan fingerprint density at radius 2 is 1.29 bits per heavy atom. The summed E-state index contributed by atoms with van der Waals surface area (Å²) >= 11 is 0. The molecule has 1 unspecified atom stereocenters. The van der Waals surface area contributed by atoms with E-state index in [1.807, 2.05) is 69.3 Å². The Bertz CT molecular complexity index is 644. The standard InChI is InChI=1S/C20H27NO3/c1-19(2,3)18(21)20(22,14-8-6-10-16(12-14)23-4)15-9-7-11-17(13-15)24-5/h6-13,18,22H,21H2,1-5H3. The Balaban J connectivity index is 2.69. The molecule has 3 N–H and O–H groups in total. The van der Waals surface area contributed by atoms with Gasteiger partial charge in [0.25, 0.3) is 0 Å². The average molecular weight is 329 g/mol. The Hall–Kier alpha value is -2.04. The molecule has 130 valence electrons. The molecule has 0 radical (unpaired) electrons. The quantitative estimate of drug-likeness (QED) is 0.883. The summed E-state index contributed by atoms with van der Waals surface area (Å²) in [7, 11) is 3.21. The van der Waals surface area contributed by atoms with Crippen LogP contribution in [0.1, 0.15) is 31.9 Å². The highest BCUT2D eigenvalue weighted by atomic mass is 16.5. The fraction of sp³-hybridized carbons (Fsp3) is 0.400. The van der Waals surface area contributed by atoms with E-state index in [-0.39, 0.29) is 5.41 Å². The fourth-order valence-electron chi connectivity index (χ4n) is 2.87. The summed E-state index contributed by atoms with van der Waals surface area (Å²) in [4.78, 5) is 0. The first-order valence-corrected chi connectivity index (χ1v) is 8.00. The highest BCUT2D eigenvalue weighted by Gasteiger charge is 2.44. The lowest BCUT2D eigenvalue weighted by Crippen LogP contribution is -2.53. The number of hydrogen-bond donors (Lipinski definition) is 2. The Kier molecular flexibility index (Phi) is 5.21. The fourth-order valence-corrected chi connectivity index (χ4v) is 2.87. The van der Waals surface area contributed by atoms with Crippen molar-refractivity contribution in [1.29, 1.82) is 0 Å². The molecular weight excluding hydrogens is 302 g/mol. The summed E-state index contributed by atoms with van der Waals surface area (Å²) < 4.78 is 10.6. The minimum Gasteiger partial charge on any atom is -0.497 e. The van der Waals surface area contributed by atoms with Crippen molar-refractivity contribution in [2.45, 2.75) is 32.4 Å². The van der Waals surface area contributed by atoms with Crippen molar-refractivity contribution < 1.29 is 14.6 Å². The molecule has 0 aromatic heterocycles. The van der Waals surface area contributed by atoms with Crippen LogP contribution in [0.3, 0.4) is 0 Å². The lowest BCUT2D eigenvalue weighted by atomic mass is 9.70. The number of benzene rings is 2. The smallest absolute Gasteiger partial charge is 0.130 e. The zero-order chi connectivity index (χ0) is 18.0. The number of methoxy groups -OCH3 is 2. The molecule has 0 heterocycles. The van der Waals surface area contributed by atoms with E-state index in [1.165, 1.54) is 0 Å². The second-order valence-electron chi connectivity index (χ2n) is 7.07. The van der Waals surface area contributed by atoms with Gasteiger partial charge in [0.1, 0.15) is 17.1 Å². The van der Waals surface area contributed by atoms with E-state index in [4.69, 9.17) is 15.2 Å². The summed E-state index contributed by atoms with van der Waals surface area (Å²) in [6, 6.07) is 14.3. The van der Waals surface area contributed by atoms with Crippen molar-refractivity contribution in [3.05, 3.63) is 59.7 Å². The van der Waals surface area contributed by atoms with Gasteiger partial charge in [0.2, 0.25) is 0 Å². The molecule has 0 amide bonds. The van der Waals surface area contributed by atoms with Gasteiger partial charge in [0.15, 0.2) is 0 Å². The van der Waals surface area contributed by atoms with Gasteiger partial charge in [-0.3, -0.25) is 0 Å². The van der Waals surface area contributed by atoms with Crippen molar-refractivity contribution in [2.24, 2.45) is 11.1 Å². The third-order valence-electron chi connectivity index (χ3n) is 4.40. The maximum Gasteiger partial charge on any atom is 0.130 e. The van der Waals surface area contributed by atoms with Crippen LogP contribution < -0.4 is 15.2 Å². The van der Waals surface area contributed by atoms with Crippen LogP contribution >= 0.6 is 0 Å². The molecule has 2 rings (SSSR count). The van der Waals surface area contributed by atoms with E-state index in [0.29, 0.717) is 22.6 Å². The predicted octanol–water partition coefficient (Wildman–Crippen LogP) is 3.31. The topological polar surface area (TPSA) is 64.7 Å². The third kappa shape index (κ3) is 3.40. The minimum absolute atomic E-state index is 0.319. The van der Waals surface area contributed by atoms with Crippen LogP contribution in [0.25, 0.3) is 0 Å². The maximum absolute atomic E-state index is 11.8. The van der Waals surface area contributed by atoms with Gasteiger partial charge in [-0.2, -0.15) is 0 Å². The Morgan fingerprint density at radius 3 is 1.62 bits per heavy atom. The summed E-state index contributed by atoms with van der Waals surface area (Å²) in [6.45, 7) is 6.05. The van der Waals surface area contributed by atoms with Crippen LogP contribution in [-0.2, 0) is 5.60 Å². The van der Waals surface area contributed by atoms with Crippen molar-refractivity contribution >= 4 is 0 Å². The monoisotopic (exact) mass is 329 g/mol. The van der Waals surface area contributed by atoms with Crippen molar-refractivity contribution in [3.63, 3.8) is 0 Å². The molecule has 0 bridgehead atoms. The first-order chi connectivity index (χ1) is 11.2. The molecule has 0 aliphatic rings.